The second kappa shape index (κ2) is 7.55. The Balaban J connectivity index is 1.64. The average Bonchev–Trinajstić information content (AvgIpc) is 3.15. The zero-order valence-electron chi connectivity index (χ0n) is 15.4. The van der Waals surface area contributed by atoms with Gasteiger partial charge >= 0.3 is 5.97 Å². The molecule has 0 atom stereocenters. The van der Waals surface area contributed by atoms with Crippen LogP contribution < -0.4 is 5.46 Å². The molecule has 0 amide bonds. The molecular weight excluding hydrogens is 355 g/mol. The smallest absolute Gasteiger partial charge is 0.358 e. The molecule has 4 rings (SSSR count). The second-order valence-corrected chi connectivity index (χ2v) is 6.10. The third-order valence-electron chi connectivity index (χ3n) is 4.27. The quantitative estimate of drug-likeness (QED) is 0.386. The van der Waals surface area contributed by atoms with E-state index >= 15 is 0 Å². The van der Waals surface area contributed by atoms with Crippen LogP contribution in [0.5, 0.6) is 0 Å². The summed E-state index contributed by atoms with van der Waals surface area (Å²) in [5.41, 5.74) is 3.66. The van der Waals surface area contributed by atoms with E-state index in [9.17, 15) is 4.79 Å². The number of rotatable bonds is 5. The van der Waals surface area contributed by atoms with Crippen LogP contribution in [0, 0.1) is 0 Å². The lowest BCUT2D eigenvalue weighted by atomic mass is 9.75. The van der Waals surface area contributed by atoms with E-state index in [1.54, 1.807) is 29.0 Å². The van der Waals surface area contributed by atoms with E-state index in [0.29, 0.717) is 23.7 Å². The maximum Gasteiger partial charge on any atom is 0.358 e. The monoisotopic (exact) mass is 371 g/mol. The van der Waals surface area contributed by atoms with Crippen molar-refractivity contribution in [3.8, 4) is 11.4 Å². The predicted molar refractivity (Wildman–Crippen MR) is 104 cm³/mol. The molecule has 1 aromatic carbocycles. The summed E-state index contributed by atoms with van der Waals surface area (Å²) in [6.07, 6.45) is 4.08. The number of carbonyl (C=O) groups is 1. The number of carbonyl (C=O) groups excluding carboxylic acids is 1. The summed E-state index contributed by atoms with van der Waals surface area (Å²) < 4.78 is 6.29. The molecule has 0 bridgehead atoms. The highest BCUT2D eigenvalue weighted by atomic mass is 16.5. The lowest BCUT2D eigenvalue weighted by Crippen LogP contribution is -2.12. The molecule has 3 heterocycles. The summed E-state index contributed by atoms with van der Waals surface area (Å²) in [7, 11) is 3.27. The molecule has 28 heavy (non-hydrogen) atoms. The molecular formula is C19H16BN6O2. The highest BCUT2D eigenvalue weighted by molar-refractivity contribution is 6.51. The minimum atomic E-state index is -0.506. The van der Waals surface area contributed by atoms with Crippen molar-refractivity contribution in [3.63, 3.8) is 0 Å². The summed E-state index contributed by atoms with van der Waals surface area (Å²) >= 11 is 0. The van der Waals surface area contributed by atoms with Gasteiger partial charge in [-0.25, -0.2) is 14.8 Å². The molecule has 0 saturated carbocycles. The van der Waals surface area contributed by atoms with Gasteiger partial charge in [0.15, 0.2) is 30.3 Å². The topological polar surface area (TPSA) is 95.2 Å². The van der Waals surface area contributed by atoms with Gasteiger partial charge < -0.3 is 4.74 Å². The molecule has 8 nitrogen and oxygen atoms in total. The van der Waals surface area contributed by atoms with Gasteiger partial charge in [0.2, 0.25) is 0 Å². The Labute approximate surface area is 161 Å². The van der Waals surface area contributed by atoms with Crippen molar-refractivity contribution in [1.29, 1.82) is 0 Å². The van der Waals surface area contributed by atoms with Crippen LogP contribution in [-0.2, 0) is 11.2 Å². The zero-order chi connectivity index (χ0) is 19.5. The fourth-order valence-corrected chi connectivity index (χ4v) is 2.80. The number of esters is 1. The van der Waals surface area contributed by atoms with Crippen molar-refractivity contribution in [2.24, 2.45) is 0 Å². The molecule has 9 heteroatoms. The number of hydrogen-bond acceptors (Lipinski definition) is 7. The van der Waals surface area contributed by atoms with E-state index in [2.05, 4.69) is 25.3 Å². The lowest BCUT2D eigenvalue weighted by molar-refractivity contribution is 0.0592. The number of nitrogens with zero attached hydrogens (tertiary/aromatic N) is 6. The Bertz CT molecular complexity index is 1140. The van der Waals surface area contributed by atoms with Crippen LogP contribution in [0.15, 0.2) is 48.8 Å². The summed E-state index contributed by atoms with van der Waals surface area (Å²) in [5.74, 6) is 0.771. The normalized spacial score (nSPS) is 10.8. The lowest BCUT2D eigenvalue weighted by Gasteiger charge is -2.05. The Morgan fingerprint density at radius 1 is 1.14 bits per heavy atom. The fourth-order valence-electron chi connectivity index (χ4n) is 2.80. The largest absolute Gasteiger partial charge is 0.464 e. The van der Waals surface area contributed by atoms with Crippen molar-refractivity contribution in [1.82, 2.24) is 29.8 Å². The highest BCUT2D eigenvalue weighted by Gasteiger charge is 2.13. The molecule has 0 fully saturated rings. The number of ether oxygens (including phenoxy) is 1. The van der Waals surface area contributed by atoms with Gasteiger partial charge in [0.1, 0.15) is 0 Å². The van der Waals surface area contributed by atoms with Gasteiger partial charge in [0, 0.05) is 24.4 Å². The number of aromatic nitrogens is 6. The van der Waals surface area contributed by atoms with Gasteiger partial charge in [0.25, 0.3) is 0 Å². The Hall–Kier alpha value is -3.62. The van der Waals surface area contributed by atoms with E-state index < -0.39 is 5.97 Å². The third kappa shape index (κ3) is 3.46. The van der Waals surface area contributed by atoms with E-state index in [4.69, 9.17) is 4.74 Å². The summed E-state index contributed by atoms with van der Waals surface area (Å²) in [5, 5.41) is 12.6. The van der Waals surface area contributed by atoms with Crippen molar-refractivity contribution >= 4 is 24.4 Å². The van der Waals surface area contributed by atoms with Crippen LogP contribution in [-0.4, -0.2) is 50.1 Å². The molecule has 0 aliphatic heterocycles. The zero-order valence-corrected chi connectivity index (χ0v) is 15.4. The van der Waals surface area contributed by atoms with Gasteiger partial charge in [-0.3, -0.25) is 0 Å². The molecule has 0 saturated heterocycles. The van der Waals surface area contributed by atoms with Gasteiger partial charge in [0.05, 0.1) is 7.11 Å². The molecule has 0 aliphatic carbocycles. The van der Waals surface area contributed by atoms with Gasteiger partial charge in [-0.05, 0) is 23.8 Å². The van der Waals surface area contributed by atoms with Crippen LogP contribution in [0.25, 0.3) is 17.0 Å². The number of benzene rings is 1. The van der Waals surface area contributed by atoms with Crippen molar-refractivity contribution in [3.05, 3.63) is 65.9 Å². The second-order valence-electron chi connectivity index (χ2n) is 6.10. The molecule has 0 N–H and O–H groups in total. The van der Waals surface area contributed by atoms with Gasteiger partial charge in [-0.1, -0.05) is 30.5 Å². The molecule has 0 aliphatic rings. The molecule has 4 aromatic rings. The minimum Gasteiger partial charge on any atom is -0.464 e. The van der Waals surface area contributed by atoms with Crippen LogP contribution >= 0.6 is 0 Å². The van der Waals surface area contributed by atoms with Crippen molar-refractivity contribution < 1.29 is 9.53 Å². The Morgan fingerprint density at radius 3 is 2.71 bits per heavy atom. The third-order valence-corrected chi connectivity index (χ3v) is 4.27. The first kappa shape index (κ1) is 17.8. The van der Waals surface area contributed by atoms with E-state index in [0.717, 1.165) is 16.6 Å². The molecule has 1 radical (unpaired) electrons. The maximum atomic E-state index is 11.7. The molecule has 137 valence electrons. The first-order valence-corrected chi connectivity index (χ1v) is 8.68. The predicted octanol–water partition coefficient (Wildman–Crippen LogP) is 1.34. The highest BCUT2D eigenvalue weighted by Crippen LogP contribution is 2.17. The van der Waals surface area contributed by atoms with Crippen molar-refractivity contribution in [2.75, 3.05) is 7.11 Å². The Morgan fingerprint density at radius 2 is 1.96 bits per heavy atom. The summed E-state index contributed by atoms with van der Waals surface area (Å²) in [4.78, 5) is 20.6. The van der Waals surface area contributed by atoms with Gasteiger partial charge in [-0.2, -0.15) is 9.61 Å². The average molecular weight is 371 g/mol. The summed E-state index contributed by atoms with van der Waals surface area (Å²) in [6.45, 7) is 1.95. The van der Waals surface area contributed by atoms with Crippen LogP contribution in [0.4, 0.5) is 0 Å². The Kier molecular flexibility index (Phi) is 4.80. The van der Waals surface area contributed by atoms with Crippen molar-refractivity contribution in [2.45, 2.75) is 13.2 Å². The number of hydrogen-bond donors (Lipinski definition) is 0. The standard InChI is InChI=1S/C19H16BN6O2/c1-20-14-10-21-18(22-11-14)13-5-3-4-12(8-13)9-17-24-23-16-7-6-15(19(27)28-2)25-26(16)17/h3-8,10-11H,9H2,1-2H3. The molecule has 0 unspecified atom stereocenters. The van der Waals surface area contributed by atoms with Crippen LogP contribution in [0.2, 0.25) is 6.82 Å². The summed E-state index contributed by atoms with van der Waals surface area (Å²) in [6, 6.07) is 11.2. The molecule has 3 aromatic heterocycles. The van der Waals surface area contributed by atoms with Gasteiger partial charge in [-0.15, -0.1) is 10.2 Å². The molecule has 0 spiro atoms. The van der Waals surface area contributed by atoms with E-state index in [1.165, 1.54) is 7.11 Å². The van der Waals surface area contributed by atoms with Crippen LogP contribution in [0.3, 0.4) is 0 Å². The number of methoxy groups -OCH3 is 1. The minimum absolute atomic E-state index is 0.200. The first-order valence-electron chi connectivity index (χ1n) is 8.68. The van der Waals surface area contributed by atoms with Crippen LogP contribution in [0.1, 0.15) is 21.9 Å². The first-order chi connectivity index (χ1) is 13.7. The SMILES string of the molecule is C[B]c1cnc(-c2cccc(Cc3nnc4ccc(C(=O)OC)nn34)c2)nc1. The maximum absolute atomic E-state index is 11.7. The fraction of sp³-hybridized carbons (Fsp3) is 0.158. The van der Waals surface area contributed by atoms with E-state index in [-0.39, 0.29) is 5.69 Å². The number of fused-ring (bicyclic) bond motifs is 1. The van der Waals surface area contributed by atoms with E-state index in [1.807, 2.05) is 38.4 Å².